The van der Waals surface area contributed by atoms with E-state index >= 15 is 0 Å². The van der Waals surface area contributed by atoms with Crippen LogP contribution in [-0.2, 0) is 9.59 Å². The molecular weight excluding hydrogens is 568 g/mol. The van der Waals surface area contributed by atoms with Crippen molar-refractivity contribution in [2.45, 2.75) is 12.1 Å². The van der Waals surface area contributed by atoms with Crippen LogP contribution in [0.15, 0.2) is 107 Å². The Morgan fingerprint density at radius 1 is 0.816 bits per heavy atom. The minimum atomic E-state index is -0.922. The number of nitrogens with zero attached hydrogens (tertiary/aromatic N) is 2. The van der Waals surface area contributed by atoms with Crippen molar-refractivity contribution < 1.29 is 19.2 Å². The van der Waals surface area contributed by atoms with Crippen LogP contribution in [0.3, 0.4) is 0 Å². The fourth-order valence-corrected chi connectivity index (χ4v) is 6.06. The lowest BCUT2D eigenvalue weighted by atomic mass is 9.85. The number of carbonyl (C=O) groups is 4. The van der Waals surface area contributed by atoms with E-state index in [4.69, 9.17) is 11.6 Å². The van der Waals surface area contributed by atoms with Gasteiger partial charge in [-0.25, -0.2) is 4.90 Å². The zero-order valence-electron chi connectivity index (χ0n) is 19.8. The second-order valence-electron chi connectivity index (χ2n) is 9.43. The van der Waals surface area contributed by atoms with Crippen LogP contribution in [0.1, 0.15) is 20.7 Å². The van der Waals surface area contributed by atoms with Crippen LogP contribution in [0.2, 0.25) is 5.02 Å². The number of imide groups is 1. The number of hydrogen-bond acceptors (Lipinski definition) is 5. The molecule has 0 spiro atoms. The number of benzene rings is 3. The van der Waals surface area contributed by atoms with E-state index in [0.29, 0.717) is 27.4 Å². The molecule has 8 heteroatoms. The first-order chi connectivity index (χ1) is 18.3. The van der Waals surface area contributed by atoms with Gasteiger partial charge in [-0.2, -0.15) is 0 Å². The van der Waals surface area contributed by atoms with E-state index in [0.717, 1.165) is 9.37 Å². The quantitative estimate of drug-likeness (QED) is 0.292. The predicted molar refractivity (Wildman–Crippen MR) is 147 cm³/mol. The fourth-order valence-electron chi connectivity index (χ4n) is 5.61. The number of rotatable bonds is 5. The van der Waals surface area contributed by atoms with E-state index in [2.05, 4.69) is 15.9 Å². The van der Waals surface area contributed by atoms with E-state index in [9.17, 15) is 19.2 Å². The summed E-state index contributed by atoms with van der Waals surface area (Å²) in [5, 5.41) is 0.389. The van der Waals surface area contributed by atoms with Gasteiger partial charge < -0.3 is 4.90 Å². The average Bonchev–Trinajstić information content (AvgIpc) is 3.40. The highest BCUT2D eigenvalue weighted by molar-refractivity contribution is 9.10. The molecule has 0 aliphatic carbocycles. The summed E-state index contributed by atoms with van der Waals surface area (Å²) in [5.74, 6) is -3.08. The zero-order chi connectivity index (χ0) is 26.6. The highest BCUT2D eigenvalue weighted by Gasteiger charge is 2.63. The number of fused-ring (bicyclic) bond motifs is 3. The van der Waals surface area contributed by atoms with Gasteiger partial charge in [0.05, 0.1) is 23.6 Å². The number of amides is 2. The molecule has 0 aromatic heterocycles. The molecule has 6 rings (SSSR count). The first-order valence-corrected chi connectivity index (χ1v) is 13.2. The number of halogens is 2. The zero-order valence-corrected chi connectivity index (χ0v) is 22.2. The third kappa shape index (κ3) is 3.94. The number of ketones is 2. The van der Waals surface area contributed by atoms with E-state index < -0.39 is 35.7 Å². The molecule has 2 fully saturated rings. The molecule has 0 radical (unpaired) electrons. The Morgan fingerprint density at radius 2 is 1.53 bits per heavy atom. The van der Waals surface area contributed by atoms with Crippen molar-refractivity contribution in [1.82, 2.24) is 4.90 Å². The van der Waals surface area contributed by atoms with Crippen molar-refractivity contribution in [1.29, 1.82) is 0 Å². The molecule has 4 atom stereocenters. The maximum Gasteiger partial charge on any atom is 0.240 e. The summed E-state index contributed by atoms with van der Waals surface area (Å²) in [5.41, 5.74) is 1.72. The van der Waals surface area contributed by atoms with E-state index in [1.54, 1.807) is 96.0 Å². The van der Waals surface area contributed by atoms with Gasteiger partial charge in [-0.15, -0.1) is 0 Å². The molecular formula is C30H20BrClN2O4. The average molecular weight is 588 g/mol. The van der Waals surface area contributed by atoms with Gasteiger partial charge in [0.1, 0.15) is 6.04 Å². The summed E-state index contributed by atoms with van der Waals surface area (Å²) in [6, 6.07) is 20.8. The molecule has 3 aromatic carbocycles. The second-order valence-corrected chi connectivity index (χ2v) is 10.8. The van der Waals surface area contributed by atoms with Crippen molar-refractivity contribution >= 4 is 56.6 Å². The van der Waals surface area contributed by atoms with Gasteiger partial charge in [0.15, 0.2) is 11.6 Å². The van der Waals surface area contributed by atoms with Crippen LogP contribution in [0, 0.1) is 11.8 Å². The molecule has 38 heavy (non-hydrogen) atoms. The van der Waals surface area contributed by atoms with Crippen molar-refractivity contribution in [3.05, 3.63) is 123 Å². The van der Waals surface area contributed by atoms with Crippen LogP contribution >= 0.6 is 27.5 Å². The molecule has 3 aliphatic rings. The Bertz CT molecular complexity index is 1550. The van der Waals surface area contributed by atoms with E-state index in [-0.39, 0.29) is 11.6 Å². The summed E-state index contributed by atoms with van der Waals surface area (Å²) in [7, 11) is 0. The molecule has 0 saturated carbocycles. The topological polar surface area (TPSA) is 74.8 Å². The molecule has 6 nitrogen and oxygen atoms in total. The Morgan fingerprint density at radius 3 is 2.24 bits per heavy atom. The molecule has 0 unspecified atom stereocenters. The number of carbonyl (C=O) groups excluding carboxylic acids is 4. The standard InChI is InChI=1S/C30H20BrClN2O4/c31-20-11-9-18(10-12-20)28(36)26-25-24(29(37)34(30(25)38)22-8-4-7-21(32)16-22)23-15-19(13-14-33(23)26)27(35)17-5-2-1-3-6-17/h1-16,23-26H/t23-,24+,25-,26+/m0/s1. The van der Waals surface area contributed by atoms with Gasteiger partial charge in [0.25, 0.3) is 0 Å². The number of allylic oxidation sites excluding steroid dienone is 2. The highest BCUT2D eigenvalue weighted by Crippen LogP contribution is 2.47. The lowest BCUT2D eigenvalue weighted by Crippen LogP contribution is -2.46. The summed E-state index contributed by atoms with van der Waals surface area (Å²) >= 11 is 9.55. The monoisotopic (exact) mass is 586 g/mol. The summed E-state index contributed by atoms with van der Waals surface area (Å²) in [4.78, 5) is 57.7. The van der Waals surface area contributed by atoms with Gasteiger partial charge >= 0.3 is 0 Å². The largest absolute Gasteiger partial charge is 0.359 e. The molecule has 0 bridgehead atoms. The molecule has 2 saturated heterocycles. The molecule has 2 amide bonds. The second kappa shape index (κ2) is 9.49. The summed E-state index contributed by atoms with van der Waals surface area (Å²) in [6.45, 7) is 0. The molecule has 3 aliphatic heterocycles. The Labute approximate surface area is 232 Å². The van der Waals surface area contributed by atoms with Crippen LogP contribution in [0.5, 0.6) is 0 Å². The normalized spacial score (nSPS) is 23.8. The van der Waals surface area contributed by atoms with Crippen molar-refractivity contribution in [3.8, 4) is 0 Å². The van der Waals surface area contributed by atoms with Crippen molar-refractivity contribution in [2.75, 3.05) is 4.90 Å². The van der Waals surface area contributed by atoms with E-state index in [1.165, 1.54) is 0 Å². The van der Waals surface area contributed by atoms with Crippen LogP contribution in [-0.4, -0.2) is 40.4 Å². The smallest absolute Gasteiger partial charge is 0.240 e. The lowest BCUT2D eigenvalue weighted by molar-refractivity contribution is -0.123. The Balaban J connectivity index is 1.44. The van der Waals surface area contributed by atoms with Gasteiger partial charge in [-0.1, -0.05) is 82.1 Å². The lowest BCUT2D eigenvalue weighted by Gasteiger charge is -2.32. The minimum Gasteiger partial charge on any atom is -0.359 e. The third-order valence-electron chi connectivity index (χ3n) is 7.31. The van der Waals surface area contributed by atoms with E-state index in [1.807, 2.05) is 6.07 Å². The molecule has 3 heterocycles. The predicted octanol–water partition coefficient (Wildman–Crippen LogP) is 5.48. The number of Topliss-reactive ketones (excluding diaryl/α,β-unsaturated/α-hetero) is 2. The van der Waals surface area contributed by atoms with Crippen LogP contribution in [0.4, 0.5) is 5.69 Å². The highest BCUT2D eigenvalue weighted by atomic mass is 79.9. The number of anilines is 1. The van der Waals surface area contributed by atoms with Gasteiger partial charge in [-0.05, 0) is 36.4 Å². The SMILES string of the molecule is O=C(C1=C[C@H]2[C@H]3C(=O)N(c4cccc(Cl)c4)C(=O)[C@@H]3[C@H](C(=O)c3ccc(Br)cc3)N2C=C1)c1ccccc1. The third-order valence-corrected chi connectivity index (χ3v) is 8.07. The maximum absolute atomic E-state index is 13.9. The van der Waals surface area contributed by atoms with Crippen molar-refractivity contribution in [3.63, 3.8) is 0 Å². The first kappa shape index (κ1) is 24.5. The minimum absolute atomic E-state index is 0.191. The Kier molecular flexibility index (Phi) is 6.13. The first-order valence-electron chi connectivity index (χ1n) is 12.1. The van der Waals surface area contributed by atoms with Gasteiger partial charge in [0, 0.05) is 32.4 Å². The van der Waals surface area contributed by atoms with Crippen molar-refractivity contribution in [2.24, 2.45) is 11.8 Å². The molecule has 188 valence electrons. The summed E-state index contributed by atoms with van der Waals surface area (Å²) in [6.07, 6.45) is 5.04. The molecule has 3 aromatic rings. The fraction of sp³-hybridized carbons (Fsp3) is 0.133. The Hall–Kier alpha value is -3.81. The molecule has 0 N–H and O–H groups in total. The van der Waals surface area contributed by atoms with Crippen LogP contribution < -0.4 is 4.90 Å². The van der Waals surface area contributed by atoms with Gasteiger partial charge in [-0.3, -0.25) is 19.2 Å². The number of hydrogen-bond donors (Lipinski definition) is 0. The van der Waals surface area contributed by atoms with Crippen LogP contribution in [0.25, 0.3) is 0 Å². The van der Waals surface area contributed by atoms with Gasteiger partial charge in [0.2, 0.25) is 11.8 Å². The maximum atomic E-state index is 13.9. The summed E-state index contributed by atoms with van der Waals surface area (Å²) < 4.78 is 0.820.